The molecule has 1 fully saturated rings. The molecule has 0 bridgehead atoms. The number of hydrogen-bond acceptors (Lipinski definition) is 4. The van der Waals surface area contributed by atoms with Gasteiger partial charge in [-0.15, -0.1) is 0 Å². The van der Waals surface area contributed by atoms with Gasteiger partial charge in [0.05, 0.1) is 12.1 Å². The Hall–Kier alpha value is -1.24. The average Bonchev–Trinajstić information content (AvgIpc) is 2.86. The minimum absolute atomic E-state index is 0.147. The highest BCUT2D eigenvalue weighted by Crippen LogP contribution is 2.16. The summed E-state index contributed by atoms with van der Waals surface area (Å²) in [4.78, 5) is 25.7. The number of nitrogens with zero attached hydrogens (tertiary/aromatic N) is 1. The first-order valence-electron chi connectivity index (χ1n) is 6.52. The normalized spacial score (nSPS) is 19.0. The number of hydrogen-bond donors (Lipinski definition) is 2. The van der Waals surface area contributed by atoms with Crippen molar-refractivity contribution in [2.75, 3.05) is 26.2 Å². The van der Waals surface area contributed by atoms with Crippen LogP contribution in [0.5, 0.6) is 0 Å². The Morgan fingerprint density at radius 2 is 2.15 bits per heavy atom. The van der Waals surface area contributed by atoms with E-state index in [4.69, 9.17) is 5.11 Å². The number of halogens is 1. The fourth-order valence-electron chi connectivity index (χ4n) is 2.29. The predicted molar refractivity (Wildman–Crippen MR) is 78.2 cm³/mol. The topological polar surface area (TPSA) is 69.6 Å². The molecule has 6 heteroatoms. The largest absolute Gasteiger partial charge is 0.396 e. The fraction of sp³-hybridized carbons (Fsp3) is 0.429. The van der Waals surface area contributed by atoms with Gasteiger partial charge in [-0.05, 0) is 46.9 Å². The van der Waals surface area contributed by atoms with Crippen molar-refractivity contribution in [2.45, 2.75) is 6.42 Å². The number of imide groups is 1. The molecule has 1 unspecified atom stereocenters. The summed E-state index contributed by atoms with van der Waals surface area (Å²) in [6.07, 6.45) is 0.891. The lowest BCUT2D eigenvalue weighted by atomic mass is 10.1. The van der Waals surface area contributed by atoms with Crippen LogP contribution in [0.15, 0.2) is 28.7 Å². The zero-order chi connectivity index (χ0) is 14.5. The van der Waals surface area contributed by atoms with Crippen molar-refractivity contribution in [3.63, 3.8) is 0 Å². The van der Waals surface area contributed by atoms with Gasteiger partial charge in [0, 0.05) is 17.6 Å². The SMILES string of the molecule is O=C(CN1CCC(CO)C1)NC(=O)c1ccccc1Br. The summed E-state index contributed by atoms with van der Waals surface area (Å²) in [7, 11) is 0. The molecular formula is C14H17BrN2O3. The minimum Gasteiger partial charge on any atom is -0.396 e. The highest BCUT2D eigenvalue weighted by Gasteiger charge is 2.24. The number of aliphatic hydroxyl groups excluding tert-OH is 1. The summed E-state index contributed by atoms with van der Waals surface area (Å²) in [5.41, 5.74) is 0.440. The van der Waals surface area contributed by atoms with Gasteiger partial charge < -0.3 is 5.11 Å². The minimum atomic E-state index is -0.402. The summed E-state index contributed by atoms with van der Waals surface area (Å²) in [5, 5.41) is 11.4. The van der Waals surface area contributed by atoms with Gasteiger partial charge in [0.2, 0.25) is 5.91 Å². The molecule has 108 valence electrons. The van der Waals surface area contributed by atoms with Crippen LogP contribution in [-0.4, -0.2) is 48.1 Å². The third-order valence-corrected chi connectivity index (χ3v) is 4.06. The maximum Gasteiger partial charge on any atom is 0.259 e. The number of nitrogens with one attached hydrogen (secondary N) is 1. The number of carbonyl (C=O) groups excluding carboxylic acids is 2. The summed E-state index contributed by atoms with van der Waals surface area (Å²) in [5.74, 6) is -0.480. The lowest BCUT2D eigenvalue weighted by Crippen LogP contribution is -2.39. The van der Waals surface area contributed by atoms with E-state index in [9.17, 15) is 9.59 Å². The van der Waals surface area contributed by atoms with E-state index >= 15 is 0 Å². The van der Waals surface area contributed by atoms with Crippen molar-refractivity contribution in [2.24, 2.45) is 5.92 Å². The smallest absolute Gasteiger partial charge is 0.259 e. The molecule has 1 aliphatic heterocycles. The molecule has 1 aromatic rings. The average molecular weight is 341 g/mol. The van der Waals surface area contributed by atoms with Crippen molar-refractivity contribution in [1.82, 2.24) is 10.2 Å². The molecule has 5 nitrogen and oxygen atoms in total. The Morgan fingerprint density at radius 1 is 1.40 bits per heavy atom. The number of benzene rings is 1. The third-order valence-electron chi connectivity index (χ3n) is 3.37. The van der Waals surface area contributed by atoms with Crippen molar-refractivity contribution in [3.8, 4) is 0 Å². The second-order valence-electron chi connectivity index (χ2n) is 4.93. The van der Waals surface area contributed by atoms with Gasteiger partial charge in [-0.2, -0.15) is 0 Å². The van der Waals surface area contributed by atoms with Gasteiger partial charge in [-0.1, -0.05) is 12.1 Å². The van der Waals surface area contributed by atoms with Gasteiger partial charge in [-0.25, -0.2) is 0 Å². The lowest BCUT2D eigenvalue weighted by molar-refractivity contribution is -0.121. The van der Waals surface area contributed by atoms with Crippen LogP contribution < -0.4 is 5.32 Å². The van der Waals surface area contributed by atoms with Crippen LogP contribution in [-0.2, 0) is 4.79 Å². The number of carbonyl (C=O) groups is 2. The maximum absolute atomic E-state index is 11.9. The third kappa shape index (κ3) is 3.88. The van der Waals surface area contributed by atoms with Crippen molar-refractivity contribution in [1.29, 1.82) is 0 Å². The van der Waals surface area contributed by atoms with Crippen LogP contribution in [0.4, 0.5) is 0 Å². The first-order valence-corrected chi connectivity index (χ1v) is 7.31. The van der Waals surface area contributed by atoms with Crippen molar-refractivity contribution < 1.29 is 14.7 Å². The van der Waals surface area contributed by atoms with Gasteiger partial charge in [0.15, 0.2) is 0 Å². The molecule has 1 saturated heterocycles. The molecule has 2 N–H and O–H groups in total. The predicted octanol–water partition coefficient (Wildman–Crippen LogP) is 1.02. The van der Waals surface area contributed by atoms with E-state index in [0.29, 0.717) is 16.6 Å². The zero-order valence-electron chi connectivity index (χ0n) is 11.0. The van der Waals surface area contributed by atoms with E-state index < -0.39 is 5.91 Å². The zero-order valence-corrected chi connectivity index (χ0v) is 12.6. The first kappa shape index (κ1) is 15.2. The molecule has 0 saturated carbocycles. The molecule has 20 heavy (non-hydrogen) atoms. The van der Waals surface area contributed by atoms with E-state index in [0.717, 1.165) is 13.0 Å². The summed E-state index contributed by atoms with van der Waals surface area (Å²) in [6.45, 7) is 1.82. The van der Waals surface area contributed by atoms with Crippen molar-refractivity contribution in [3.05, 3.63) is 34.3 Å². The molecule has 0 aliphatic carbocycles. The molecule has 1 aliphatic rings. The van der Waals surface area contributed by atoms with Crippen LogP contribution in [0.3, 0.4) is 0 Å². The molecule has 2 amide bonds. The molecule has 1 aromatic carbocycles. The number of aliphatic hydroxyl groups is 1. The lowest BCUT2D eigenvalue weighted by Gasteiger charge is -2.14. The Labute approximate surface area is 126 Å². The first-order chi connectivity index (χ1) is 9.60. The maximum atomic E-state index is 11.9. The molecule has 0 radical (unpaired) electrons. The Morgan fingerprint density at radius 3 is 2.80 bits per heavy atom. The van der Waals surface area contributed by atoms with Crippen LogP contribution in [0.1, 0.15) is 16.8 Å². The molecule has 1 heterocycles. The quantitative estimate of drug-likeness (QED) is 0.858. The Balaban J connectivity index is 1.86. The van der Waals surface area contributed by atoms with E-state index in [1.807, 2.05) is 11.0 Å². The number of rotatable bonds is 4. The van der Waals surface area contributed by atoms with Crippen LogP contribution in [0.2, 0.25) is 0 Å². The molecular weight excluding hydrogens is 324 g/mol. The van der Waals surface area contributed by atoms with Gasteiger partial charge in [0.25, 0.3) is 5.91 Å². The highest BCUT2D eigenvalue weighted by molar-refractivity contribution is 9.10. The Bertz CT molecular complexity index is 507. The molecule has 0 aromatic heterocycles. The summed E-state index contributed by atoms with van der Waals surface area (Å²) < 4.78 is 0.659. The highest BCUT2D eigenvalue weighted by atomic mass is 79.9. The summed E-state index contributed by atoms with van der Waals surface area (Å²) >= 11 is 3.28. The molecule has 0 spiro atoms. The monoisotopic (exact) mass is 340 g/mol. The number of likely N-dealkylation sites (tertiary alicyclic amines) is 1. The van der Waals surface area contributed by atoms with Crippen LogP contribution >= 0.6 is 15.9 Å². The van der Waals surface area contributed by atoms with E-state index in [1.54, 1.807) is 18.2 Å². The molecule has 1 atom stereocenters. The van der Waals surface area contributed by atoms with Crippen LogP contribution in [0, 0.1) is 5.92 Å². The van der Waals surface area contributed by atoms with Crippen LogP contribution in [0.25, 0.3) is 0 Å². The van der Waals surface area contributed by atoms with E-state index in [-0.39, 0.29) is 25.0 Å². The van der Waals surface area contributed by atoms with Gasteiger partial charge >= 0.3 is 0 Å². The van der Waals surface area contributed by atoms with Gasteiger partial charge in [0.1, 0.15) is 0 Å². The second-order valence-corrected chi connectivity index (χ2v) is 5.78. The van der Waals surface area contributed by atoms with E-state index in [2.05, 4.69) is 21.2 Å². The van der Waals surface area contributed by atoms with Crippen molar-refractivity contribution >= 4 is 27.7 Å². The van der Waals surface area contributed by atoms with E-state index in [1.165, 1.54) is 0 Å². The standard InChI is InChI=1S/C14H17BrN2O3/c15-12-4-2-1-3-11(12)14(20)16-13(19)8-17-6-5-10(7-17)9-18/h1-4,10,18H,5-9H2,(H,16,19,20). The fourth-order valence-corrected chi connectivity index (χ4v) is 2.75. The Kier molecular flexibility index (Phi) is 5.28. The number of amides is 2. The van der Waals surface area contributed by atoms with Gasteiger partial charge in [-0.3, -0.25) is 19.8 Å². The second kappa shape index (κ2) is 6.97. The summed E-state index contributed by atoms with van der Waals surface area (Å²) in [6, 6.07) is 6.97. The molecule has 2 rings (SSSR count).